The average Bonchev–Trinajstić information content (AvgIpc) is 2.45. The summed E-state index contributed by atoms with van der Waals surface area (Å²) in [6.45, 7) is 5.26. The summed E-state index contributed by atoms with van der Waals surface area (Å²) >= 11 is 3.44. The van der Waals surface area contributed by atoms with E-state index < -0.39 is 0 Å². The van der Waals surface area contributed by atoms with Crippen LogP contribution in [0.15, 0.2) is 28.7 Å². The maximum Gasteiger partial charge on any atom is 0.237 e. The summed E-state index contributed by atoms with van der Waals surface area (Å²) in [6.07, 6.45) is 2.99. The second-order valence-corrected chi connectivity index (χ2v) is 6.57. The van der Waals surface area contributed by atoms with Gasteiger partial charge in [0, 0.05) is 4.47 Å². The van der Waals surface area contributed by atoms with Crippen LogP contribution >= 0.6 is 15.9 Å². The minimum Gasteiger partial charge on any atom is -0.348 e. The van der Waals surface area contributed by atoms with Gasteiger partial charge in [-0.3, -0.25) is 4.79 Å². The molecule has 0 aliphatic carbocycles. The van der Waals surface area contributed by atoms with Crippen LogP contribution < -0.4 is 10.6 Å². The zero-order valence-electron chi connectivity index (χ0n) is 12.2. The van der Waals surface area contributed by atoms with Crippen molar-refractivity contribution in [3.8, 4) is 0 Å². The van der Waals surface area contributed by atoms with Crippen LogP contribution in [0, 0.1) is 5.92 Å². The molecule has 1 aliphatic heterocycles. The third-order valence-corrected chi connectivity index (χ3v) is 4.51. The van der Waals surface area contributed by atoms with Crippen molar-refractivity contribution in [3.05, 3.63) is 34.3 Å². The van der Waals surface area contributed by atoms with Crippen molar-refractivity contribution in [1.29, 1.82) is 0 Å². The molecule has 0 bridgehead atoms. The Morgan fingerprint density at radius 3 is 2.75 bits per heavy atom. The van der Waals surface area contributed by atoms with E-state index in [1.54, 1.807) is 0 Å². The summed E-state index contributed by atoms with van der Waals surface area (Å²) in [6, 6.07) is 8.22. The van der Waals surface area contributed by atoms with Crippen LogP contribution in [0.2, 0.25) is 0 Å². The molecular weight excluding hydrogens is 316 g/mol. The van der Waals surface area contributed by atoms with Gasteiger partial charge in [-0.1, -0.05) is 41.9 Å². The first-order valence-corrected chi connectivity index (χ1v) is 8.18. The van der Waals surface area contributed by atoms with Gasteiger partial charge in [0.15, 0.2) is 0 Å². The zero-order valence-corrected chi connectivity index (χ0v) is 13.7. The van der Waals surface area contributed by atoms with Crippen LogP contribution in [0.1, 0.15) is 44.7 Å². The van der Waals surface area contributed by atoms with Crippen LogP contribution in [-0.2, 0) is 4.79 Å². The Kier molecular flexibility index (Phi) is 5.61. The maximum absolute atomic E-state index is 12.4. The number of halogens is 1. The highest BCUT2D eigenvalue weighted by Gasteiger charge is 2.26. The predicted molar refractivity (Wildman–Crippen MR) is 85.5 cm³/mol. The normalized spacial score (nSPS) is 24.1. The van der Waals surface area contributed by atoms with E-state index in [-0.39, 0.29) is 18.0 Å². The molecule has 2 rings (SSSR count). The number of amides is 1. The molecule has 4 heteroatoms. The quantitative estimate of drug-likeness (QED) is 0.883. The zero-order chi connectivity index (χ0) is 14.5. The maximum atomic E-state index is 12.4. The van der Waals surface area contributed by atoms with Gasteiger partial charge in [0.25, 0.3) is 0 Å². The lowest BCUT2D eigenvalue weighted by molar-refractivity contribution is -0.124. The summed E-state index contributed by atoms with van der Waals surface area (Å²) in [5, 5.41) is 6.50. The predicted octanol–water partition coefficient (Wildman–Crippen LogP) is 3.40. The third kappa shape index (κ3) is 4.06. The number of benzene rings is 1. The summed E-state index contributed by atoms with van der Waals surface area (Å²) in [4.78, 5) is 12.4. The minimum absolute atomic E-state index is 0.0387. The van der Waals surface area contributed by atoms with Crippen molar-refractivity contribution in [3.63, 3.8) is 0 Å². The number of hydrogen-bond acceptors (Lipinski definition) is 2. The number of hydrogen-bond donors (Lipinski definition) is 2. The van der Waals surface area contributed by atoms with Crippen LogP contribution in [-0.4, -0.2) is 18.5 Å². The number of piperidine rings is 1. The summed E-state index contributed by atoms with van der Waals surface area (Å²) in [7, 11) is 0. The minimum atomic E-state index is -0.0387. The molecule has 1 fully saturated rings. The van der Waals surface area contributed by atoms with E-state index >= 15 is 0 Å². The van der Waals surface area contributed by atoms with Crippen molar-refractivity contribution < 1.29 is 4.79 Å². The largest absolute Gasteiger partial charge is 0.348 e. The van der Waals surface area contributed by atoms with E-state index in [2.05, 4.69) is 52.5 Å². The molecule has 1 aromatic rings. The molecule has 3 nitrogen and oxygen atoms in total. The SMILES string of the molecule is CCC(NC(=O)C1CC(C)CCN1)c1ccc(Br)cc1. The molecule has 0 spiro atoms. The Bertz CT molecular complexity index is 446. The van der Waals surface area contributed by atoms with Crippen molar-refractivity contribution in [2.24, 2.45) is 5.92 Å². The van der Waals surface area contributed by atoms with E-state index in [1.807, 2.05) is 12.1 Å². The van der Waals surface area contributed by atoms with Crippen LogP contribution in [0.3, 0.4) is 0 Å². The second-order valence-electron chi connectivity index (χ2n) is 5.66. The lowest BCUT2D eigenvalue weighted by Gasteiger charge is -2.29. The van der Waals surface area contributed by atoms with Gasteiger partial charge >= 0.3 is 0 Å². The molecule has 3 unspecified atom stereocenters. The van der Waals surface area contributed by atoms with Crippen molar-refractivity contribution in [1.82, 2.24) is 10.6 Å². The van der Waals surface area contributed by atoms with E-state index in [0.29, 0.717) is 5.92 Å². The fourth-order valence-corrected chi connectivity index (χ4v) is 2.96. The van der Waals surface area contributed by atoms with Gasteiger partial charge < -0.3 is 10.6 Å². The Morgan fingerprint density at radius 2 is 2.15 bits per heavy atom. The summed E-state index contributed by atoms with van der Waals surface area (Å²) < 4.78 is 1.06. The lowest BCUT2D eigenvalue weighted by Crippen LogP contribution is -2.49. The standard InChI is InChI=1S/C16H23BrN2O/c1-3-14(12-4-6-13(17)7-5-12)19-16(20)15-10-11(2)8-9-18-15/h4-7,11,14-15,18H,3,8-10H2,1-2H3,(H,19,20). The monoisotopic (exact) mass is 338 g/mol. The van der Waals surface area contributed by atoms with Crippen molar-refractivity contribution in [2.75, 3.05) is 6.54 Å². The highest BCUT2D eigenvalue weighted by Crippen LogP contribution is 2.21. The topological polar surface area (TPSA) is 41.1 Å². The molecule has 1 aliphatic rings. The van der Waals surface area contributed by atoms with E-state index in [4.69, 9.17) is 0 Å². The molecule has 1 aromatic carbocycles. The fourth-order valence-electron chi connectivity index (χ4n) is 2.70. The van der Waals surface area contributed by atoms with Gasteiger partial charge in [-0.25, -0.2) is 0 Å². The van der Waals surface area contributed by atoms with Gasteiger partial charge in [0.1, 0.15) is 0 Å². The molecule has 2 N–H and O–H groups in total. The van der Waals surface area contributed by atoms with Crippen LogP contribution in [0.5, 0.6) is 0 Å². The third-order valence-electron chi connectivity index (χ3n) is 3.98. The van der Waals surface area contributed by atoms with Gasteiger partial charge in [0.2, 0.25) is 5.91 Å². The van der Waals surface area contributed by atoms with E-state index in [1.165, 1.54) is 0 Å². The molecule has 20 heavy (non-hydrogen) atoms. The smallest absolute Gasteiger partial charge is 0.237 e. The fraction of sp³-hybridized carbons (Fsp3) is 0.562. The molecule has 1 saturated heterocycles. The molecule has 1 heterocycles. The highest BCUT2D eigenvalue weighted by atomic mass is 79.9. The number of carbonyl (C=O) groups is 1. The lowest BCUT2D eigenvalue weighted by atomic mass is 9.93. The van der Waals surface area contributed by atoms with E-state index in [9.17, 15) is 4.79 Å². The molecule has 0 aromatic heterocycles. The van der Waals surface area contributed by atoms with Gasteiger partial charge in [0.05, 0.1) is 12.1 Å². The molecule has 0 saturated carbocycles. The molecule has 3 atom stereocenters. The number of carbonyl (C=O) groups excluding carboxylic acids is 1. The Morgan fingerprint density at radius 1 is 1.45 bits per heavy atom. The Balaban J connectivity index is 1.98. The first-order chi connectivity index (χ1) is 9.60. The summed E-state index contributed by atoms with van der Waals surface area (Å²) in [5.74, 6) is 0.756. The van der Waals surface area contributed by atoms with Gasteiger partial charge in [-0.2, -0.15) is 0 Å². The number of rotatable bonds is 4. The summed E-state index contributed by atoms with van der Waals surface area (Å²) in [5.41, 5.74) is 1.16. The van der Waals surface area contributed by atoms with E-state index in [0.717, 1.165) is 35.8 Å². The molecule has 0 radical (unpaired) electrons. The van der Waals surface area contributed by atoms with Gasteiger partial charge in [-0.05, 0) is 49.4 Å². The molecule has 110 valence electrons. The average molecular weight is 339 g/mol. The second kappa shape index (κ2) is 7.23. The van der Waals surface area contributed by atoms with Crippen molar-refractivity contribution >= 4 is 21.8 Å². The van der Waals surface area contributed by atoms with Crippen LogP contribution in [0.25, 0.3) is 0 Å². The van der Waals surface area contributed by atoms with Crippen molar-refractivity contribution in [2.45, 2.75) is 45.2 Å². The Labute approximate surface area is 129 Å². The highest BCUT2D eigenvalue weighted by molar-refractivity contribution is 9.10. The molecular formula is C16H23BrN2O. The van der Waals surface area contributed by atoms with Crippen LogP contribution in [0.4, 0.5) is 0 Å². The first-order valence-electron chi connectivity index (χ1n) is 7.39. The first kappa shape index (κ1) is 15.5. The van der Waals surface area contributed by atoms with Gasteiger partial charge in [-0.15, -0.1) is 0 Å². The molecule has 1 amide bonds. The number of nitrogens with one attached hydrogen (secondary N) is 2. The Hall–Kier alpha value is -0.870.